The molecule has 27 heavy (non-hydrogen) atoms. The fraction of sp³-hybridized carbons (Fsp3) is 0.389. The van der Waals surface area contributed by atoms with Crippen LogP contribution in [0.5, 0.6) is 5.75 Å². The highest BCUT2D eigenvalue weighted by atomic mass is 127. The number of aryl methyl sites for hydroxylation is 1. The van der Waals surface area contributed by atoms with Crippen LogP contribution in [0.3, 0.4) is 0 Å². The zero-order valence-electron chi connectivity index (χ0n) is 15.5. The highest BCUT2D eigenvalue weighted by Crippen LogP contribution is 2.14. The van der Waals surface area contributed by atoms with E-state index in [9.17, 15) is 4.79 Å². The molecule has 1 heterocycles. The molecule has 7 nitrogen and oxygen atoms in total. The van der Waals surface area contributed by atoms with Gasteiger partial charge in [0.15, 0.2) is 12.6 Å². The molecule has 0 saturated heterocycles. The SMILES string of the molecule is CCNC(=NCc1cccc(OCC(N)=O)c1)NCCc1ncc(C)s1.I. The quantitative estimate of drug-likeness (QED) is 0.277. The van der Waals surface area contributed by atoms with Crippen LogP contribution >= 0.6 is 35.3 Å². The van der Waals surface area contributed by atoms with E-state index in [1.807, 2.05) is 31.3 Å². The largest absolute Gasteiger partial charge is 0.484 e. The van der Waals surface area contributed by atoms with Crippen molar-refractivity contribution in [3.8, 4) is 5.75 Å². The fourth-order valence-electron chi connectivity index (χ4n) is 2.21. The lowest BCUT2D eigenvalue weighted by Crippen LogP contribution is -2.38. The summed E-state index contributed by atoms with van der Waals surface area (Å²) in [6.45, 7) is 6.00. The number of rotatable bonds is 9. The zero-order chi connectivity index (χ0) is 18.8. The van der Waals surface area contributed by atoms with Crippen molar-refractivity contribution in [2.24, 2.45) is 10.7 Å². The molecule has 0 aliphatic heterocycles. The number of amides is 1. The van der Waals surface area contributed by atoms with E-state index in [0.717, 1.165) is 36.0 Å². The minimum atomic E-state index is -0.498. The summed E-state index contributed by atoms with van der Waals surface area (Å²) in [5.41, 5.74) is 6.08. The molecule has 0 fully saturated rings. The molecular weight excluding hydrogens is 477 g/mol. The number of carbonyl (C=O) groups excluding carboxylic acids is 1. The molecule has 1 amide bonds. The van der Waals surface area contributed by atoms with Crippen molar-refractivity contribution >= 4 is 47.2 Å². The highest BCUT2D eigenvalue weighted by Gasteiger charge is 2.02. The Morgan fingerprint density at radius 3 is 2.85 bits per heavy atom. The molecule has 2 rings (SSSR count). The van der Waals surface area contributed by atoms with Gasteiger partial charge >= 0.3 is 0 Å². The third-order valence-corrected chi connectivity index (χ3v) is 4.32. The number of primary amides is 1. The molecule has 0 aliphatic rings. The summed E-state index contributed by atoms with van der Waals surface area (Å²) in [6, 6.07) is 7.47. The van der Waals surface area contributed by atoms with Crippen molar-refractivity contribution in [2.75, 3.05) is 19.7 Å². The number of carbonyl (C=O) groups is 1. The maximum Gasteiger partial charge on any atom is 0.255 e. The number of nitrogens with zero attached hydrogens (tertiary/aromatic N) is 2. The van der Waals surface area contributed by atoms with E-state index in [2.05, 4.69) is 27.5 Å². The first-order chi connectivity index (χ1) is 12.6. The first-order valence-corrected chi connectivity index (χ1v) is 9.32. The average molecular weight is 503 g/mol. The molecule has 0 unspecified atom stereocenters. The second-order valence-corrected chi connectivity index (χ2v) is 6.96. The summed E-state index contributed by atoms with van der Waals surface area (Å²) >= 11 is 1.71. The molecule has 1 aromatic heterocycles. The number of hydrogen-bond acceptors (Lipinski definition) is 5. The van der Waals surface area contributed by atoms with Gasteiger partial charge in [0.2, 0.25) is 0 Å². The van der Waals surface area contributed by atoms with Crippen LogP contribution in [0.4, 0.5) is 0 Å². The van der Waals surface area contributed by atoms with Crippen LogP contribution in [-0.2, 0) is 17.8 Å². The molecule has 148 valence electrons. The Morgan fingerprint density at radius 2 is 2.19 bits per heavy atom. The van der Waals surface area contributed by atoms with E-state index in [4.69, 9.17) is 10.5 Å². The molecule has 0 radical (unpaired) electrons. The van der Waals surface area contributed by atoms with Gasteiger partial charge in [-0.1, -0.05) is 12.1 Å². The Labute approximate surface area is 180 Å². The van der Waals surface area contributed by atoms with Crippen LogP contribution in [0.1, 0.15) is 22.4 Å². The number of guanidine groups is 1. The van der Waals surface area contributed by atoms with Gasteiger partial charge < -0.3 is 21.1 Å². The third-order valence-electron chi connectivity index (χ3n) is 3.34. The van der Waals surface area contributed by atoms with E-state index < -0.39 is 5.91 Å². The summed E-state index contributed by atoms with van der Waals surface area (Å²) in [7, 11) is 0. The van der Waals surface area contributed by atoms with Gasteiger partial charge in [0.25, 0.3) is 5.91 Å². The minimum Gasteiger partial charge on any atom is -0.484 e. The lowest BCUT2D eigenvalue weighted by molar-refractivity contribution is -0.119. The van der Waals surface area contributed by atoms with E-state index in [0.29, 0.717) is 12.3 Å². The Balaban J connectivity index is 0.00000364. The second kappa shape index (κ2) is 12.5. The van der Waals surface area contributed by atoms with Gasteiger partial charge in [0.1, 0.15) is 5.75 Å². The van der Waals surface area contributed by atoms with E-state index in [1.165, 1.54) is 4.88 Å². The number of ether oxygens (including phenoxy) is 1. The number of nitrogens with one attached hydrogen (secondary N) is 2. The topological polar surface area (TPSA) is 102 Å². The fourth-order valence-corrected chi connectivity index (χ4v) is 2.99. The third kappa shape index (κ3) is 9.05. The summed E-state index contributed by atoms with van der Waals surface area (Å²) in [5.74, 6) is 0.861. The Hall–Kier alpha value is -1.88. The number of aromatic nitrogens is 1. The molecule has 0 saturated carbocycles. The maximum absolute atomic E-state index is 10.8. The maximum atomic E-state index is 10.8. The predicted molar refractivity (Wildman–Crippen MR) is 120 cm³/mol. The first kappa shape index (κ1) is 23.2. The van der Waals surface area contributed by atoms with Crippen LogP contribution in [-0.4, -0.2) is 36.5 Å². The van der Waals surface area contributed by atoms with Gasteiger partial charge in [-0.05, 0) is 31.5 Å². The summed E-state index contributed by atoms with van der Waals surface area (Å²) in [5, 5.41) is 7.66. The molecule has 0 atom stereocenters. The van der Waals surface area contributed by atoms with Crippen molar-refractivity contribution in [1.29, 1.82) is 0 Å². The van der Waals surface area contributed by atoms with Crippen molar-refractivity contribution in [2.45, 2.75) is 26.8 Å². The van der Waals surface area contributed by atoms with Crippen molar-refractivity contribution in [1.82, 2.24) is 15.6 Å². The zero-order valence-corrected chi connectivity index (χ0v) is 18.7. The lowest BCUT2D eigenvalue weighted by Gasteiger charge is -2.11. The number of benzene rings is 1. The van der Waals surface area contributed by atoms with Gasteiger partial charge in [-0.25, -0.2) is 9.98 Å². The molecule has 9 heteroatoms. The number of thiazole rings is 1. The minimum absolute atomic E-state index is 0. The highest BCUT2D eigenvalue weighted by molar-refractivity contribution is 14.0. The van der Waals surface area contributed by atoms with Crippen LogP contribution < -0.4 is 21.1 Å². The number of aliphatic imine (C=N–C) groups is 1. The number of halogens is 1. The van der Waals surface area contributed by atoms with Crippen LogP contribution in [0.2, 0.25) is 0 Å². The van der Waals surface area contributed by atoms with Crippen molar-refractivity contribution < 1.29 is 9.53 Å². The molecule has 1 aromatic carbocycles. The summed E-state index contributed by atoms with van der Waals surface area (Å²) in [4.78, 5) is 21.0. The normalized spacial score (nSPS) is 10.8. The van der Waals surface area contributed by atoms with Gasteiger partial charge in [-0.3, -0.25) is 4.79 Å². The number of nitrogens with two attached hydrogens (primary N) is 1. The van der Waals surface area contributed by atoms with Gasteiger partial charge in [0.05, 0.1) is 11.6 Å². The predicted octanol–water partition coefficient (Wildman–Crippen LogP) is 2.23. The van der Waals surface area contributed by atoms with Crippen LogP contribution in [0.15, 0.2) is 35.5 Å². The molecule has 2 aromatic rings. The average Bonchev–Trinajstić information content (AvgIpc) is 3.03. The monoisotopic (exact) mass is 503 g/mol. The molecule has 4 N–H and O–H groups in total. The van der Waals surface area contributed by atoms with Crippen molar-refractivity contribution in [3.05, 3.63) is 45.9 Å². The Kier molecular flexibility index (Phi) is 10.7. The van der Waals surface area contributed by atoms with Crippen LogP contribution in [0.25, 0.3) is 0 Å². The standard InChI is InChI=1S/C18H25N5O2S.HI/c1-3-20-18(21-8-7-17-22-10-13(2)26-17)23-11-14-5-4-6-15(9-14)25-12-16(19)24;/h4-6,9-10H,3,7-8,11-12H2,1-2H3,(H2,19,24)(H2,20,21,23);1H. The van der Waals surface area contributed by atoms with E-state index >= 15 is 0 Å². The first-order valence-electron chi connectivity index (χ1n) is 8.50. The van der Waals surface area contributed by atoms with E-state index in [1.54, 1.807) is 17.4 Å². The summed E-state index contributed by atoms with van der Waals surface area (Å²) < 4.78 is 5.32. The van der Waals surface area contributed by atoms with Gasteiger partial charge in [0, 0.05) is 30.6 Å². The second-order valence-electron chi connectivity index (χ2n) is 5.64. The smallest absolute Gasteiger partial charge is 0.255 e. The molecular formula is C18H26IN5O2S. The molecule has 0 bridgehead atoms. The summed E-state index contributed by atoms with van der Waals surface area (Å²) in [6.07, 6.45) is 2.76. The van der Waals surface area contributed by atoms with Crippen molar-refractivity contribution in [3.63, 3.8) is 0 Å². The van der Waals surface area contributed by atoms with E-state index in [-0.39, 0.29) is 30.6 Å². The van der Waals surface area contributed by atoms with Gasteiger partial charge in [-0.15, -0.1) is 35.3 Å². The molecule has 0 aliphatic carbocycles. The Morgan fingerprint density at radius 1 is 1.37 bits per heavy atom. The molecule has 0 spiro atoms. The number of hydrogen-bond donors (Lipinski definition) is 3. The van der Waals surface area contributed by atoms with Gasteiger partial charge in [-0.2, -0.15) is 0 Å². The Bertz CT molecular complexity index is 751. The lowest BCUT2D eigenvalue weighted by atomic mass is 10.2. The van der Waals surface area contributed by atoms with Crippen LogP contribution in [0, 0.1) is 6.92 Å².